The molecule has 0 atom stereocenters. The molecule has 0 aliphatic heterocycles. The van der Waals surface area contributed by atoms with Crippen molar-refractivity contribution in [1.29, 1.82) is 0 Å². The molecular formula is C17H16N2O2S. The molecule has 3 aromatic rings. The monoisotopic (exact) mass is 312 g/mol. The van der Waals surface area contributed by atoms with Crippen LogP contribution >= 0.6 is 11.3 Å². The highest BCUT2D eigenvalue weighted by Gasteiger charge is 2.19. The van der Waals surface area contributed by atoms with Gasteiger partial charge in [-0.25, -0.2) is 4.98 Å². The van der Waals surface area contributed by atoms with Gasteiger partial charge in [0, 0.05) is 12.1 Å². The van der Waals surface area contributed by atoms with Gasteiger partial charge in [-0.15, -0.1) is 0 Å². The second kappa shape index (κ2) is 6.15. The Kier molecular flexibility index (Phi) is 4.06. The van der Waals surface area contributed by atoms with Gasteiger partial charge in [-0.1, -0.05) is 29.5 Å². The third-order valence-corrected chi connectivity index (χ3v) is 4.45. The van der Waals surface area contributed by atoms with E-state index < -0.39 is 0 Å². The minimum absolute atomic E-state index is 0.0690. The highest BCUT2D eigenvalue weighted by atomic mass is 32.1. The third kappa shape index (κ3) is 2.67. The molecule has 4 nitrogen and oxygen atoms in total. The summed E-state index contributed by atoms with van der Waals surface area (Å²) in [5, 5.41) is 0.719. The number of hydrogen-bond acceptors (Lipinski definition) is 4. The lowest BCUT2D eigenvalue weighted by atomic mass is 10.2. The van der Waals surface area contributed by atoms with E-state index in [0.717, 1.165) is 15.3 Å². The Balaban J connectivity index is 1.97. The summed E-state index contributed by atoms with van der Waals surface area (Å²) in [6, 6.07) is 15.1. The Bertz CT molecular complexity index is 780. The average molecular weight is 312 g/mol. The summed E-state index contributed by atoms with van der Waals surface area (Å²) in [4.78, 5) is 19.0. The van der Waals surface area contributed by atoms with Crippen LogP contribution in [0.1, 0.15) is 17.3 Å². The number of carbonyl (C=O) groups excluding carboxylic acids is 1. The summed E-state index contributed by atoms with van der Waals surface area (Å²) in [7, 11) is 1.59. The van der Waals surface area contributed by atoms with Crippen molar-refractivity contribution >= 4 is 32.6 Å². The van der Waals surface area contributed by atoms with Crippen molar-refractivity contribution in [1.82, 2.24) is 4.98 Å². The van der Waals surface area contributed by atoms with Crippen molar-refractivity contribution < 1.29 is 9.53 Å². The number of aromatic nitrogens is 1. The lowest BCUT2D eigenvalue weighted by molar-refractivity contribution is 0.0988. The van der Waals surface area contributed by atoms with Gasteiger partial charge in [0.15, 0.2) is 5.13 Å². The van der Waals surface area contributed by atoms with Crippen LogP contribution in [0.5, 0.6) is 5.75 Å². The number of methoxy groups -OCH3 is 1. The van der Waals surface area contributed by atoms with Crippen LogP contribution < -0.4 is 9.64 Å². The zero-order valence-electron chi connectivity index (χ0n) is 12.4. The fraction of sp³-hybridized carbons (Fsp3) is 0.176. The van der Waals surface area contributed by atoms with Crippen LogP contribution in [0.25, 0.3) is 10.2 Å². The van der Waals surface area contributed by atoms with Crippen molar-refractivity contribution in [3.05, 3.63) is 54.1 Å². The van der Waals surface area contributed by atoms with Gasteiger partial charge in [-0.2, -0.15) is 0 Å². The lowest BCUT2D eigenvalue weighted by Gasteiger charge is -2.17. The highest BCUT2D eigenvalue weighted by molar-refractivity contribution is 7.22. The first-order valence-corrected chi connectivity index (χ1v) is 7.86. The molecular weight excluding hydrogens is 296 g/mol. The van der Waals surface area contributed by atoms with E-state index in [4.69, 9.17) is 4.74 Å². The van der Waals surface area contributed by atoms with E-state index in [1.165, 1.54) is 11.3 Å². The molecule has 0 saturated carbocycles. The third-order valence-electron chi connectivity index (χ3n) is 3.39. The highest BCUT2D eigenvalue weighted by Crippen LogP contribution is 2.29. The van der Waals surface area contributed by atoms with Crippen LogP contribution in [0.3, 0.4) is 0 Å². The molecule has 0 bridgehead atoms. The number of rotatable bonds is 4. The van der Waals surface area contributed by atoms with Gasteiger partial charge in [0.2, 0.25) is 0 Å². The Morgan fingerprint density at radius 2 is 2.05 bits per heavy atom. The molecule has 0 aliphatic rings. The molecule has 112 valence electrons. The van der Waals surface area contributed by atoms with Gasteiger partial charge in [-0.05, 0) is 37.3 Å². The topological polar surface area (TPSA) is 42.4 Å². The van der Waals surface area contributed by atoms with Gasteiger partial charge in [0.25, 0.3) is 5.91 Å². The second-order valence-electron chi connectivity index (χ2n) is 4.75. The Hall–Kier alpha value is -2.40. The number of nitrogens with zero attached hydrogens (tertiary/aromatic N) is 2. The maximum absolute atomic E-state index is 12.8. The van der Waals surface area contributed by atoms with Crippen LogP contribution in [0, 0.1) is 0 Å². The minimum atomic E-state index is -0.0690. The van der Waals surface area contributed by atoms with Crippen LogP contribution in [0.2, 0.25) is 0 Å². The standard InChI is InChI=1S/C17H16N2O2S/c1-3-19(16(20)12-7-6-8-13(11-12)21-2)17-18-14-9-4-5-10-15(14)22-17/h4-11H,3H2,1-2H3. The molecule has 5 heteroatoms. The van der Waals surface area contributed by atoms with E-state index in [0.29, 0.717) is 17.9 Å². The summed E-state index contributed by atoms with van der Waals surface area (Å²) in [5.41, 5.74) is 1.51. The molecule has 0 N–H and O–H groups in total. The zero-order valence-corrected chi connectivity index (χ0v) is 13.3. The molecule has 1 aromatic heterocycles. The predicted molar refractivity (Wildman–Crippen MR) is 90.0 cm³/mol. The first-order chi connectivity index (χ1) is 10.7. The number of thiazole rings is 1. The van der Waals surface area contributed by atoms with Crippen LogP contribution in [-0.2, 0) is 0 Å². The summed E-state index contributed by atoms with van der Waals surface area (Å²) in [6.07, 6.45) is 0. The number of hydrogen-bond donors (Lipinski definition) is 0. The average Bonchev–Trinajstić information content (AvgIpc) is 2.99. The molecule has 22 heavy (non-hydrogen) atoms. The van der Waals surface area contributed by atoms with Gasteiger partial charge in [0.1, 0.15) is 5.75 Å². The van der Waals surface area contributed by atoms with E-state index >= 15 is 0 Å². The number of anilines is 1. The molecule has 0 fully saturated rings. The second-order valence-corrected chi connectivity index (χ2v) is 5.75. The molecule has 0 spiro atoms. The van der Waals surface area contributed by atoms with E-state index in [-0.39, 0.29) is 5.91 Å². The number of para-hydroxylation sites is 1. The smallest absolute Gasteiger partial charge is 0.260 e. The number of carbonyl (C=O) groups is 1. The fourth-order valence-electron chi connectivity index (χ4n) is 2.25. The fourth-order valence-corrected chi connectivity index (χ4v) is 3.28. The summed E-state index contributed by atoms with van der Waals surface area (Å²) in [5.74, 6) is 0.603. The van der Waals surface area contributed by atoms with Crippen molar-refractivity contribution in [2.45, 2.75) is 6.92 Å². The van der Waals surface area contributed by atoms with Crippen LogP contribution in [-0.4, -0.2) is 24.5 Å². The van der Waals surface area contributed by atoms with E-state index in [1.807, 2.05) is 43.3 Å². The van der Waals surface area contributed by atoms with E-state index in [2.05, 4.69) is 4.98 Å². The summed E-state index contributed by atoms with van der Waals surface area (Å²) >= 11 is 1.53. The predicted octanol–water partition coefficient (Wildman–Crippen LogP) is 3.97. The van der Waals surface area contributed by atoms with Gasteiger partial charge in [-0.3, -0.25) is 9.69 Å². The first-order valence-electron chi connectivity index (χ1n) is 7.04. The molecule has 1 amide bonds. The minimum Gasteiger partial charge on any atom is -0.497 e. The largest absolute Gasteiger partial charge is 0.497 e. The van der Waals surface area contributed by atoms with Gasteiger partial charge >= 0.3 is 0 Å². The normalized spacial score (nSPS) is 10.6. The quantitative estimate of drug-likeness (QED) is 0.732. The molecule has 0 radical (unpaired) electrons. The van der Waals surface area contributed by atoms with E-state index in [1.54, 1.807) is 24.1 Å². The van der Waals surface area contributed by atoms with Crippen molar-refractivity contribution in [2.75, 3.05) is 18.6 Å². The Morgan fingerprint density at radius 3 is 2.77 bits per heavy atom. The van der Waals surface area contributed by atoms with Crippen LogP contribution in [0.15, 0.2) is 48.5 Å². The maximum Gasteiger partial charge on any atom is 0.260 e. The molecule has 0 unspecified atom stereocenters. The molecule has 0 aliphatic carbocycles. The first kappa shape index (κ1) is 14.5. The summed E-state index contributed by atoms with van der Waals surface area (Å²) < 4.78 is 6.27. The molecule has 2 aromatic carbocycles. The van der Waals surface area contributed by atoms with Gasteiger partial charge < -0.3 is 4.74 Å². The lowest BCUT2D eigenvalue weighted by Crippen LogP contribution is -2.30. The van der Waals surface area contributed by atoms with Crippen molar-refractivity contribution in [3.63, 3.8) is 0 Å². The van der Waals surface area contributed by atoms with Crippen LogP contribution in [0.4, 0.5) is 5.13 Å². The summed E-state index contributed by atoms with van der Waals surface area (Å²) in [6.45, 7) is 2.51. The maximum atomic E-state index is 12.8. The number of amides is 1. The van der Waals surface area contributed by atoms with Gasteiger partial charge in [0.05, 0.1) is 17.3 Å². The SMILES string of the molecule is CCN(C(=O)c1cccc(OC)c1)c1nc2ccccc2s1. The Morgan fingerprint density at radius 1 is 1.23 bits per heavy atom. The van der Waals surface area contributed by atoms with E-state index in [9.17, 15) is 4.79 Å². The number of ether oxygens (including phenoxy) is 1. The zero-order chi connectivity index (χ0) is 15.5. The number of benzene rings is 2. The van der Waals surface area contributed by atoms with Crippen molar-refractivity contribution in [3.8, 4) is 5.75 Å². The molecule has 0 saturated heterocycles. The molecule has 3 rings (SSSR count). The Labute approximate surface area is 133 Å². The molecule has 1 heterocycles. The van der Waals surface area contributed by atoms with Crippen molar-refractivity contribution in [2.24, 2.45) is 0 Å². The number of fused-ring (bicyclic) bond motifs is 1.